The molecule has 0 nitrogen and oxygen atoms in total. The lowest BCUT2D eigenvalue weighted by Gasteiger charge is -2.24. The zero-order chi connectivity index (χ0) is 9.28. The molecule has 0 aliphatic carbocycles. The van der Waals surface area contributed by atoms with Crippen LogP contribution in [0.5, 0.6) is 0 Å². The Balaban J connectivity index is 4.45. The number of alkyl halides is 6. The van der Waals surface area contributed by atoms with Crippen LogP contribution in [0.15, 0.2) is 0 Å². The Morgan fingerprint density at radius 2 is 1.55 bits per heavy atom. The molecule has 11 heavy (non-hydrogen) atoms. The first-order chi connectivity index (χ1) is 4.73. The molecule has 0 aliphatic heterocycles. The highest BCUT2D eigenvalue weighted by Gasteiger charge is 2.58. The van der Waals surface area contributed by atoms with Crippen LogP contribution in [0.25, 0.3) is 0 Å². The molecule has 0 heterocycles. The quantitative estimate of drug-likeness (QED) is 0.583. The van der Waals surface area contributed by atoms with Crippen molar-refractivity contribution in [3.63, 3.8) is 0 Å². The summed E-state index contributed by atoms with van der Waals surface area (Å²) in [5.41, 5.74) is 0. The summed E-state index contributed by atoms with van der Waals surface area (Å²) >= 11 is 0. The van der Waals surface area contributed by atoms with Gasteiger partial charge in [0.25, 0.3) is 0 Å². The smallest absolute Gasteiger partial charge is 0.248 e. The monoisotopic (exact) mass is 179 g/mol. The zero-order valence-corrected chi connectivity index (χ0v) is 5.26. The van der Waals surface area contributed by atoms with Gasteiger partial charge in [0.2, 0.25) is 0 Å². The van der Waals surface area contributed by atoms with Crippen LogP contribution in [-0.4, -0.2) is 24.7 Å². The SMILES string of the molecule is [CH2]C(F)(F)C(F)(F)C(F)CF. The molecule has 0 aliphatic rings. The van der Waals surface area contributed by atoms with Crippen LogP contribution >= 0.6 is 0 Å². The highest BCUT2D eigenvalue weighted by molar-refractivity contribution is 4.92. The minimum atomic E-state index is -5.04. The normalized spacial score (nSPS) is 16.6. The van der Waals surface area contributed by atoms with Gasteiger partial charge in [0, 0.05) is 6.92 Å². The van der Waals surface area contributed by atoms with E-state index in [0.717, 1.165) is 0 Å². The van der Waals surface area contributed by atoms with Gasteiger partial charge in [0.15, 0.2) is 6.17 Å². The number of halogens is 6. The molecule has 0 aromatic carbocycles. The minimum absolute atomic E-state index is 1.72. The maximum absolute atomic E-state index is 11.9. The maximum Gasteiger partial charge on any atom is 0.343 e. The average Bonchev–Trinajstić information content (AvgIpc) is 1.83. The van der Waals surface area contributed by atoms with E-state index in [1.54, 1.807) is 6.92 Å². The summed E-state index contributed by atoms with van der Waals surface area (Å²) in [5, 5.41) is 0. The Labute approximate surface area is 59.2 Å². The predicted molar refractivity (Wildman–Crippen MR) is 26.1 cm³/mol. The molecule has 0 spiro atoms. The fraction of sp³-hybridized carbons (Fsp3) is 0.800. The molecular weight excluding hydrogens is 174 g/mol. The average molecular weight is 179 g/mol. The van der Waals surface area contributed by atoms with Crippen molar-refractivity contribution in [3.05, 3.63) is 6.92 Å². The van der Waals surface area contributed by atoms with Crippen molar-refractivity contribution in [2.75, 3.05) is 6.67 Å². The molecule has 0 bridgehead atoms. The van der Waals surface area contributed by atoms with Crippen LogP contribution in [0.3, 0.4) is 0 Å². The molecule has 0 fully saturated rings. The Morgan fingerprint density at radius 3 is 1.64 bits per heavy atom. The number of rotatable bonds is 3. The van der Waals surface area contributed by atoms with Crippen LogP contribution in [0, 0.1) is 6.92 Å². The summed E-state index contributed by atoms with van der Waals surface area (Å²) in [6.07, 6.45) is -3.50. The third-order valence-electron chi connectivity index (χ3n) is 1.02. The Kier molecular flexibility index (Phi) is 2.79. The molecule has 1 unspecified atom stereocenters. The van der Waals surface area contributed by atoms with Gasteiger partial charge in [-0.25, -0.2) is 8.78 Å². The topological polar surface area (TPSA) is 0 Å². The molecule has 6 heteroatoms. The van der Waals surface area contributed by atoms with Crippen LogP contribution in [0.2, 0.25) is 0 Å². The highest BCUT2D eigenvalue weighted by atomic mass is 19.3. The van der Waals surface area contributed by atoms with Crippen LogP contribution in [0.4, 0.5) is 26.3 Å². The first-order valence-electron chi connectivity index (χ1n) is 2.54. The van der Waals surface area contributed by atoms with Gasteiger partial charge in [-0.1, -0.05) is 0 Å². The lowest BCUT2D eigenvalue weighted by atomic mass is 10.1. The van der Waals surface area contributed by atoms with E-state index in [1.165, 1.54) is 0 Å². The van der Waals surface area contributed by atoms with Gasteiger partial charge >= 0.3 is 11.8 Å². The summed E-state index contributed by atoms with van der Waals surface area (Å²) in [7, 11) is 0. The van der Waals surface area contributed by atoms with Crippen LogP contribution < -0.4 is 0 Å². The minimum Gasteiger partial charge on any atom is -0.248 e. The fourth-order valence-corrected chi connectivity index (χ4v) is 0.326. The fourth-order valence-electron chi connectivity index (χ4n) is 0.326. The molecule has 0 amide bonds. The molecule has 0 aromatic rings. The summed E-state index contributed by atoms with van der Waals surface area (Å²) in [5.74, 6) is -9.82. The van der Waals surface area contributed by atoms with Crippen LogP contribution in [-0.2, 0) is 0 Å². The lowest BCUT2D eigenvalue weighted by Crippen LogP contribution is -2.46. The van der Waals surface area contributed by atoms with Gasteiger partial charge in [-0.15, -0.1) is 0 Å². The largest absolute Gasteiger partial charge is 0.343 e. The maximum atomic E-state index is 11.9. The van der Waals surface area contributed by atoms with Gasteiger partial charge in [-0.05, 0) is 0 Å². The van der Waals surface area contributed by atoms with E-state index in [-0.39, 0.29) is 0 Å². The van der Waals surface area contributed by atoms with Crippen molar-refractivity contribution in [2.24, 2.45) is 0 Å². The standard InChI is InChI=1S/C5H5F6/c1-4(8,9)5(10,11)3(7)2-6/h3H,1-2H2. The molecule has 0 rings (SSSR count). The van der Waals surface area contributed by atoms with Gasteiger partial charge in [0.05, 0.1) is 0 Å². The molecule has 67 valence electrons. The zero-order valence-electron chi connectivity index (χ0n) is 5.26. The van der Waals surface area contributed by atoms with E-state index < -0.39 is 24.7 Å². The number of hydrogen-bond acceptors (Lipinski definition) is 0. The second-order valence-corrected chi connectivity index (χ2v) is 1.95. The van der Waals surface area contributed by atoms with Crippen molar-refractivity contribution < 1.29 is 26.3 Å². The van der Waals surface area contributed by atoms with Gasteiger partial charge < -0.3 is 0 Å². The summed E-state index contributed by atoms with van der Waals surface area (Å²) in [6, 6.07) is 0. The van der Waals surface area contributed by atoms with E-state index in [4.69, 9.17) is 0 Å². The molecule has 0 aromatic heterocycles. The van der Waals surface area contributed by atoms with Gasteiger partial charge in [-0.3, -0.25) is 0 Å². The third kappa shape index (κ3) is 2.00. The first-order valence-corrected chi connectivity index (χ1v) is 2.54. The molecule has 1 atom stereocenters. The van der Waals surface area contributed by atoms with E-state index in [1.807, 2.05) is 0 Å². The van der Waals surface area contributed by atoms with Crippen molar-refractivity contribution in [2.45, 2.75) is 18.0 Å². The predicted octanol–water partition coefficient (Wildman–Crippen LogP) is 2.40. The number of hydrogen-bond donors (Lipinski definition) is 0. The van der Waals surface area contributed by atoms with Gasteiger partial charge in [-0.2, -0.15) is 17.6 Å². The summed E-state index contributed by atoms with van der Waals surface area (Å²) in [6.45, 7) is -0.434. The van der Waals surface area contributed by atoms with E-state index >= 15 is 0 Å². The van der Waals surface area contributed by atoms with Gasteiger partial charge in [0.1, 0.15) is 6.67 Å². The molecule has 0 N–H and O–H groups in total. The highest BCUT2D eigenvalue weighted by Crippen LogP contribution is 2.37. The summed E-state index contributed by atoms with van der Waals surface area (Å²) < 4.78 is 70.1. The van der Waals surface area contributed by atoms with Crippen molar-refractivity contribution >= 4 is 0 Å². The van der Waals surface area contributed by atoms with E-state index in [2.05, 4.69) is 0 Å². The first kappa shape index (κ1) is 10.6. The molecule has 0 saturated carbocycles. The van der Waals surface area contributed by atoms with E-state index in [9.17, 15) is 26.3 Å². The van der Waals surface area contributed by atoms with Crippen molar-refractivity contribution in [3.8, 4) is 0 Å². The molecule has 1 radical (unpaired) electrons. The van der Waals surface area contributed by atoms with Crippen molar-refractivity contribution in [1.29, 1.82) is 0 Å². The summed E-state index contributed by atoms with van der Waals surface area (Å²) in [4.78, 5) is 0. The van der Waals surface area contributed by atoms with Crippen molar-refractivity contribution in [1.82, 2.24) is 0 Å². The second-order valence-electron chi connectivity index (χ2n) is 1.95. The van der Waals surface area contributed by atoms with E-state index in [0.29, 0.717) is 0 Å². The van der Waals surface area contributed by atoms with Crippen LogP contribution in [0.1, 0.15) is 0 Å². The second kappa shape index (κ2) is 2.91. The Hall–Kier alpha value is -0.420. The molecule has 0 saturated heterocycles. The Morgan fingerprint density at radius 1 is 1.18 bits per heavy atom. The Bertz CT molecular complexity index is 125. The lowest BCUT2D eigenvalue weighted by molar-refractivity contribution is -0.217. The molecular formula is C5H5F6. The third-order valence-corrected chi connectivity index (χ3v) is 1.02.